The number of para-hydroxylation sites is 1. The molecule has 0 fully saturated rings. The molecule has 29 heavy (non-hydrogen) atoms. The van der Waals surface area contributed by atoms with Crippen LogP contribution in [0.1, 0.15) is 16.7 Å². The number of sulfonamides is 1. The van der Waals surface area contributed by atoms with Gasteiger partial charge in [0.1, 0.15) is 10.7 Å². The van der Waals surface area contributed by atoms with Crippen LogP contribution in [0.2, 0.25) is 0 Å². The molecule has 1 aliphatic heterocycles. The Morgan fingerprint density at radius 2 is 1.66 bits per heavy atom. The lowest BCUT2D eigenvalue weighted by Crippen LogP contribution is -2.51. The third kappa shape index (κ3) is 3.27. The van der Waals surface area contributed by atoms with Gasteiger partial charge in [-0.1, -0.05) is 42.0 Å². The molecule has 0 bridgehead atoms. The SMILES string of the molecule is Cc1ccc(N2C(=O)N(Cc3cccc(F)c3)c3ccccc3S2(=O)=O)c(C)c1. The number of carbonyl (C=O) groups is 1. The Balaban J connectivity index is 1.89. The summed E-state index contributed by atoms with van der Waals surface area (Å²) in [6.07, 6.45) is 0. The number of rotatable bonds is 3. The number of carbonyl (C=O) groups excluding carboxylic acids is 1. The number of amides is 2. The Labute approximate surface area is 169 Å². The largest absolute Gasteiger partial charge is 0.343 e. The fourth-order valence-electron chi connectivity index (χ4n) is 3.55. The first kappa shape index (κ1) is 19.1. The zero-order valence-corrected chi connectivity index (χ0v) is 16.8. The molecular weight excluding hydrogens is 391 g/mol. The van der Waals surface area contributed by atoms with Gasteiger partial charge in [0.25, 0.3) is 10.0 Å². The molecule has 4 rings (SSSR count). The van der Waals surface area contributed by atoms with Crippen molar-refractivity contribution in [2.75, 3.05) is 9.21 Å². The van der Waals surface area contributed by atoms with E-state index in [1.807, 2.05) is 13.0 Å². The molecular formula is C22H19FN2O3S. The van der Waals surface area contributed by atoms with Gasteiger partial charge in [-0.2, -0.15) is 4.31 Å². The van der Waals surface area contributed by atoms with Crippen LogP contribution < -0.4 is 9.21 Å². The highest BCUT2D eigenvalue weighted by Gasteiger charge is 2.42. The molecule has 0 saturated carbocycles. The van der Waals surface area contributed by atoms with Crippen molar-refractivity contribution in [1.29, 1.82) is 0 Å². The molecule has 0 unspecified atom stereocenters. The smallest absolute Gasteiger partial charge is 0.287 e. The van der Waals surface area contributed by atoms with Crippen LogP contribution in [-0.4, -0.2) is 14.4 Å². The van der Waals surface area contributed by atoms with Gasteiger partial charge in [0.2, 0.25) is 0 Å². The Morgan fingerprint density at radius 1 is 0.897 bits per heavy atom. The van der Waals surface area contributed by atoms with E-state index in [-0.39, 0.29) is 17.1 Å². The summed E-state index contributed by atoms with van der Waals surface area (Å²) in [6.45, 7) is 3.71. The third-order valence-electron chi connectivity index (χ3n) is 4.88. The van der Waals surface area contributed by atoms with Crippen molar-refractivity contribution in [2.24, 2.45) is 0 Å². The van der Waals surface area contributed by atoms with Crippen LogP contribution >= 0.6 is 0 Å². The molecule has 0 N–H and O–H groups in total. The molecule has 7 heteroatoms. The van der Waals surface area contributed by atoms with E-state index in [4.69, 9.17) is 0 Å². The van der Waals surface area contributed by atoms with E-state index < -0.39 is 21.9 Å². The minimum absolute atomic E-state index is 0.0379. The van der Waals surface area contributed by atoms with Crippen molar-refractivity contribution in [3.05, 3.63) is 89.2 Å². The molecule has 0 radical (unpaired) electrons. The number of anilines is 2. The Kier molecular flexibility index (Phi) is 4.62. The van der Waals surface area contributed by atoms with Crippen molar-refractivity contribution in [3.8, 4) is 0 Å². The lowest BCUT2D eigenvalue weighted by atomic mass is 10.1. The van der Waals surface area contributed by atoms with Crippen LogP contribution in [0.15, 0.2) is 71.6 Å². The maximum atomic E-state index is 13.7. The molecule has 5 nitrogen and oxygen atoms in total. The number of fused-ring (bicyclic) bond motifs is 1. The zero-order chi connectivity index (χ0) is 20.8. The molecule has 2 amide bonds. The summed E-state index contributed by atoms with van der Waals surface area (Å²) in [7, 11) is -4.09. The average molecular weight is 410 g/mol. The van der Waals surface area contributed by atoms with Gasteiger partial charge in [-0.25, -0.2) is 17.6 Å². The van der Waals surface area contributed by atoms with Crippen molar-refractivity contribution < 1.29 is 17.6 Å². The monoisotopic (exact) mass is 410 g/mol. The van der Waals surface area contributed by atoms with Crippen molar-refractivity contribution in [3.63, 3.8) is 0 Å². The topological polar surface area (TPSA) is 57.7 Å². The first-order chi connectivity index (χ1) is 13.8. The quantitative estimate of drug-likeness (QED) is 0.625. The number of hydrogen-bond acceptors (Lipinski definition) is 3. The zero-order valence-electron chi connectivity index (χ0n) is 16.0. The van der Waals surface area contributed by atoms with Crippen LogP contribution in [0.3, 0.4) is 0 Å². The molecule has 0 aliphatic carbocycles. The minimum atomic E-state index is -4.09. The van der Waals surface area contributed by atoms with E-state index in [1.165, 1.54) is 23.1 Å². The first-order valence-electron chi connectivity index (χ1n) is 9.06. The van der Waals surface area contributed by atoms with Gasteiger partial charge >= 0.3 is 6.03 Å². The van der Waals surface area contributed by atoms with E-state index in [0.717, 1.165) is 9.87 Å². The van der Waals surface area contributed by atoms with Crippen LogP contribution in [0.25, 0.3) is 0 Å². The normalized spacial score (nSPS) is 15.3. The van der Waals surface area contributed by atoms with Gasteiger partial charge in [0.05, 0.1) is 17.9 Å². The van der Waals surface area contributed by atoms with Gasteiger partial charge in [-0.05, 0) is 55.3 Å². The number of aryl methyl sites for hydroxylation is 2. The van der Waals surface area contributed by atoms with E-state index in [1.54, 1.807) is 49.4 Å². The van der Waals surface area contributed by atoms with E-state index >= 15 is 0 Å². The Morgan fingerprint density at radius 3 is 2.38 bits per heavy atom. The Bertz CT molecular complexity index is 1220. The summed E-state index contributed by atoms with van der Waals surface area (Å²) >= 11 is 0. The summed E-state index contributed by atoms with van der Waals surface area (Å²) in [5.41, 5.74) is 2.78. The summed E-state index contributed by atoms with van der Waals surface area (Å²) in [5, 5.41) is 0. The van der Waals surface area contributed by atoms with Crippen LogP contribution in [0.5, 0.6) is 0 Å². The fourth-order valence-corrected chi connectivity index (χ4v) is 5.21. The molecule has 3 aromatic carbocycles. The highest BCUT2D eigenvalue weighted by Crippen LogP contribution is 2.39. The predicted octanol–water partition coefficient (Wildman–Crippen LogP) is 4.78. The summed E-state index contributed by atoms with van der Waals surface area (Å²) in [5.74, 6) is -0.417. The number of hydrogen-bond donors (Lipinski definition) is 0. The lowest BCUT2D eigenvalue weighted by molar-refractivity contribution is 0.253. The summed E-state index contributed by atoms with van der Waals surface area (Å²) in [4.78, 5) is 14.8. The molecule has 0 atom stereocenters. The molecule has 148 valence electrons. The highest BCUT2D eigenvalue weighted by atomic mass is 32.2. The second kappa shape index (κ2) is 7.00. The van der Waals surface area contributed by atoms with Crippen LogP contribution in [-0.2, 0) is 16.6 Å². The fraction of sp³-hybridized carbons (Fsp3) is 0.136. The Hall–Kier alpha value is -3.19. The van der Waals surface area contributed by atoms with Gasteiger partial charge in [0, 0.05) is 0 Å². The number of urea groups is 1. The number of benzene rings is 3. The van der Waals surface area contributed by atoms with Gasteiger partial charge < -0.3 is 0 Å². The van der Waals surface area contributed by atoms with E-state index in [0.29, 0.717) is 16.8 Å². The molecule has 0 saturated heterocycles. The minimum Gasteiger partial charge on any atom is -0.287 e. The second-order valence-corrected chi connectivity index (χ2v) is 8.78. The second-order valence-electron chi connectivity index (χ2n) is 7.03. The highest BCUT2D eigenvalue weighted by molar-refractivity contribution is 7.94. The summed E-state index contributed by atoms with van der Waals surface area (Å²) < 4.78 is 41.1. The molecule has 1 heterocycles. The van der Waals surface area contributed by atoms with Crippen LogP contribution in [0, 0.1) is 19.7 Å². The van der Waals surface area contributed by atoms with Crippen molar-refractivity contribution in [2.45, 2.75) is 25.3 Å². The molecule has 3 aromatic rings. The maximum Gasteiger partial charge on any atom is 0.343 e. The maximum absolute atomic E-state index is 13.7. The van der Waals surface area contributed by atoms with Crippen LogP contribution in [0.4, 0.5) is 20.6 Å². The predicted molar refractivity (Wildman–Crippen MR) is 110 cm³/mol. The first-order valence-corrected chi connectivity index (χ1v) is 10.5. The molecule has 0 aromatic heterocycles. The van der Waals surface area contributed by atoms with Gasteiger partial charge in [-0.3, -0.25) is 4.90 Å². The van der Waals surface area contributed by atoms with Gasteiger partial charge in [0.15, 0.2) is 0 Å². The third-order valence-corrected chi connectivity index (χ3v) is 6.61. The standard InChI is InChI=1S/C22H19FN2O3S/c1-15-10-11-19(16(2)12-15)25-22(26)24(14-17-6-5-7-18(23)13-17)20-8-3-4-9-21(20)29(25,27)28/h3-13H,14H2,1-2H3. The van der Waals surface area contributed by atoms with E-state index in [2.05, 4.69) is 0 Å². The number of nitrogens with zero attached hydrogens (tertiary/aromatic N) is 2. The van der Waals surface area contributed by atoms with Crippen molar-refractivity contribution >= 4 is 27.4 Å². The summed E-state index contributed by atoms with van der Waals surface area (Å²) in [6, 6.07) is 16.8. The molecule has 1 aliphatic rings. The molecule has 0 spiro atoms. The lowest BCUT2D eigenvalue weighted by Gasteiger charge is -2.36. The van der Waals surface area contributed by atoms with Gasteiger partial charge in [-0.15, -0.1) is 0 Å². The average Bonchev–Trinajstić information content (AvgIpc) is 2.67. The number of halogens is 1. The van der Waals surface area contributed by atoms with Crippen molar-refractivity contribution in [1.82, 2.24) is 0 Å². The van der Waals surface area contributed by atoms with E-state index in [9.17, 15) is 17.6 Å².